The normalized spacial score (nSPS) is 15.9. The van der Waals surface area contributed by atoms with Gasteiger partial charge in [-0.25, -0.2) is 9.38 Å². The predicted octanol–water partition coefficient (Wildman–Crippen LogP) is 1.91. The number of amides is 1. The Labute approximate surface area is 177 Å². The lowest BCUT2D eigenvalue weighted by molar-refractivity contribution is -0.117. The number of hydrogen-bond donors (Lipinski definition) is 4. The molecule has 0 fully saturated rings. The van der Waals surface area contributed by atoms with Crippen LogP contribution in [0.1, 0.15) is 43.7 Å². The number of aliphatic hydroxyl groups excluding tert-OH is 1. The van der Waals surface area contributed by atoms with E-state index in [1.807, 2.05) is 6.92 Å². The summed E-state index contributed by atoms with van der Waals surface area (Å²) in [5.74, 6) is 0.548. The number of nitrogens with one attached hydrogen (secondary N) is 2. The molecular formula is C22H33FN4O3. The number of ether oxygens (including phenoxy) is 1. The van der Waals surface area contributed by atoms with E-state index in [9.17, 15) is 9.18 Å². The smallest absolute Gasteiger partial charge is 0.250 e. The van der Waals surface area contributed by atoms with Gasteiger partial charge in [0.2, 0.25) is 0 Å². The van der Waals surface area contributed by atoms with Crippen molar-refractivity contribution in [3.63, 3.8) is 0 Å². The number of carbonyl (C=O) groups excluding carboxylic acids is 1. The van der Waals surface area contributed by atoms with Crippen LogP contribution in [0.5, 0.6) is 5.75 Å². The van der Waals surface area contributed by atoms with Crippen LogP contribution in [-0.4, -0.2) is 50.6 Å². The van der Waals surface area contributed by atoms with Gasteiger partial charge in [-0.3, -0.25) is 4.79 Å². The second-order valence-electron chi connectivity index (χ2n) is 7.74. The van der Waals surface area contributed by atoms with E-state index in [2.05, 4.69) is 22.3 Å². The second-order valence-corrected chi connectivity index (χ2v) is 7.74. The second kappa shape index (κ2) is 11.1. The average Bonchev–Trinajstić information content (AvgIpc) is 2.73. The molecule has 2 rings (SSSR count). The number of halogens is 1. The van der Waals surface area contributed by atoms with Gasteiger partial charge in [-0.05, 0) is 69.0 Å². The quantitative estimate of drug-likeness (QED) is 0.409. The molecule has 1 amide bonds. The predicted molar refractivity (Wildman–Crippen MR) is 116 cm³/mol. The molecule has 1 aliphatic heterocycles. The van der Waals surface area contributed by atoms with Crippen LogP contribution in [0.2, 0.25) is 0 Å². The fraction of sp³-hybridized carbons (Fsp3) is 0.545. The molecule has 1 heterocycles. The third-order valence-electron chi connectivity index (χ3n) is 5.59. The van der Waals surface area contributed by atoms with Crippen molar-refractivity contribution in [3.8, 4) is 5.75 Å². The van der Waals surface area contributed by atoms with Gasteiger partial charge in [0.05, 0.1) is 12.2 Å². The summed E-state index contributed by atoms with van der Waals surface area (Å²) in [5.41, 5.74) is 7.07. The van der Waals surface area contributed by atoms with Gasteiger partial charge in [0.1, 0.15) is 24.0 Å². The monoisotopic (exact) mass is 420 g/mol. The van der Waals surface area contributed by atoms with Crippen LogP contribution >= 0.6 is 0 Å². The van der Waals surface area contributed by atoms with Crippen LogP contribution in [0.25, 0.3) is 0 Å². The van der Waals surface area contributed by atoms with Gasteiger partial charge < -0.3 is 26.2 Å². The largest absolute Gasteiger partial charge is 0.491 e. The van der Waals surface area contributed by atoms with Crippen LogP contribution in [0.3, 0.4) is 0 Å². The number of nitrogens with zero attached hydrogens (tertiary/aromatic N) is 1. The summed E-state index contributed by atoms with van der Waals surface area (Å²) in [6, 6.07) is 2.95. The molecule has 0 spiro atoms. The molecule has 1 aliphatic rings. The van der Waals surface area contributed by atoms with Gasteiger partial charge >= 0.3 is 0 Å². The standard InChI is InChI=1S/C22H33FN4O3/c1-15-18(30-14-13-28)7-6-17(23)19(15)22(2,8-10-24)9-12-27-21(29)16-5-4-11-26-20(16)25-3/h6-7,26,28H,3-5,8-14,24H2,1-2H3,(H,27,29). The maximum Gasteiger partial charge on any atom is 0.250 e. The Balaban J connectivity index is 2.19. The summed E-state index contributed by atoms with van der Waals surface area (Å²) in [6.07, 6.45) is 2.56. The van der Waals surface area contributed by atoms with E-state index in [0.29, 0.717) is 60.6 Å². The maximum atomic E-state index is 14.9. The highest BCUT2D eigenvalue weighted by Crippen LogP contribution is 2.38. The number of aliphatic imine (C=N–C) groups is 1. The zero-order valence-corrected chi connectivity index (χ0v) is 17.9. The highest BCUT2D eigenvalue weighted by Gasteiger charge is 2.32. The minimum atomic E-state index is -0.590. The molecule has 7 nitrogen and oxygen atoms in total. The lowest BCUT2D eigenvalue weighted by Crippen LogP contribution is -2.36. The molecule has 0 aliphatic carbocycles. The van der Waals surface area contributed by atoms with E-state index in [1.165, 1.54) is 6.07 Å². The summed E-state index contributed by atoms with van der Waals surface area (Å²) in [7, 11) is 0. The molecule has 0 radical (unpaired) electrons. The summed E-state index contributed by atoms with van der Waals surface area (Å²) < 4.78 is 20.4. The minimum absolute atomic E-state index is 0.121. The maximum absolute atomic E-state index is 14.9. The van der Waals surface area contributed by atoms with Crippen LogP contribution < -0.4 is 21.1 Å². The average molecular weight is 421 g/mol. The van der Waals surface area contributed by atoms with Crippen LogP contribution in [0, 0.1) is 12.7 Å². The highest BCUT2D eigenvalue weighted by molar-refractivity contribution is 5.94. The molecule has 1 atom stereocenters. The van der Waals surface area contributed by atoms with Crippen molar-refractivity contribution in [2.75, 3.05) is 32.8 Å². The van der Waals surface area contributed by atoms with Gasteiger partial charge in [0.15, 0.2) is 0 Å². The highest BCUT2D eigenvalue weighted by atomic mass is 19.1. The Bertz CT molecular complexity index is 797. The molecule has 1 aromatic rings. The molecular weight excluding hydrogens is 387 g/mol. The first-order valence-electron chi connectivity index (χ1n) is 10.3. The Morgan fingerprint density at radius 1 is 1.47 bits per heavy atom. The molecule has 0 bridgehead atoms. The van der Waals surface area contributed by atoms with Crippen molar-refractivity contribution in [2.24, 2.45) is 10.7 Å². The molecule has 1 aromatic carbocycles. The van der Waals surface area contributed by atoms with Crippen molar-refractivity contribution < 1.29 is 19.0 Å². The Kier molecular flexibility index (Phi) is 8.80. The third kappa shape index (κ3) is 5.58. The lowest BCUT2D eigenvalue weighted by atomic mass is 9.74. The van der Waals surface area contributed by atoms with Gasteiger partial charge in [0, 0.05) is 18.7 Å². The van der Waals surface area contributed by atoms with E-state index in [-0.39, 0.29) is 24.9 Å². The molecule has 0 saturated heterocycles. The summed E-state index contributed by atoms with van der Waals surface area (Å²) in [6.45, 7) is 8.80. The zero-order chi connectivity index (χ0) is 22.1. The van der Waals surface area contributed by atoms with Gasteiger partial charge in [-0.15, -0.1) is 0 Å². The van der Waals surface area contributed by atoms with E-state index in [1.54, 1.807) is 13.0 Å². The van der Waals surface area contributed by atoms with Crippen LogP contribution in [0.4, 0.5) is 4.39 Å². The molecule has 0 aromatic heterocycles. The third-order valence-corrected chi connectivity index (χ3v) is 5.59. The topological polar surface area (TPSA) is 109 Å². The van der Waals surface area contributed by atoms with Crippen molar-refractivity contribution in [1.82, 2.24) is 10.6 Å². The van der Waals surface area contributed by atoms with Crippen LogP contribution in [-0.2, 0) is 10.2 Å². The number of benzene rings is 1. The minimum Gasteiger partial charge on any atom is -0.491 e. The van der Waals surface area contributed by atoms with E-state index in [4.69, 9.17) is 15.6 Å². The number of nitrogens with two attached hydrogens (primary N) is 1. The summed E-state index contributed by atoms with van der Waals surface area (Å²) in [5, 5.41) is 15.0. The first-order chi connectivity index (χ1) is 14.4. The molecule has 166 valence electrons. The number of aliphatic hydroxyl groups is 1. The Morgan fingerprint density at radius 3 is 2.90 bits per heavy atom. The Morgan fingerprint density at radius 2 is 2.23 bits per heavy atom. The molecule has 30 heavy (non-hydrogen) atoms. The summed E-state index contributed by atoms with van der Waals surface area (Å²) >= 11 is 0. The van der Waals surface area contributed by atoms with Crippen LogP contribution in [0.15, 0.2) is 28.5 Å². The van der Waals surface area contributed by atoms with Gasteiger partial charge in [-0.2, -0.15) is 0 Å². The number of hydrogen-bond acceptors (Lipinski definition) is 6. The van der Waals surface area contributed by atoms with Gasteiger partial charge in [-0.1, -0.05) is 6.92 Å². The first-order valence-corrected chi connectivity index (χ1v) is 10.3. The number of carbonyl (C=O) groups is 1. The zero-order valence-electron chi connectivity index (χ0n) is 17.9. The van der Waals surface area contributed by atoms with Gasteiger partial charge in [0.25, 0.3) is 5.91 Å². The molecule has 8 heteroatoms. The van der Waals surface area contributed by atoms with Crippen molar-refractivity contribution >= 4 is 12.6 Å². The molecule has 1 unspecified atom stereocenters. The molecule has 5 N–H and O–H groups in total. The van der Waals surface area contributed by atoms with Crippen molar-refractivity contribution in [2.45, 2.75) is 44.9 Å². The SMILES string of the molecule is C=NC1=C(C(=O)NCCC(C)(CCN)c2c(F)ccc(OCCO)c2C)CCCN1. The van der Waals surface area contributed by atoms with Crippen molar-refractivity contribution in [1.29, 1.82) is 0 Å². The fourth-order valence-corrected chi connectivity index (χ4v) is 4.03. The van der Waals surface area contributed by atoms with E-state index < -0.39 is 5.41 Å². The lowest BCUT2D eigenvalue weighted by Gasteiger charge is -2.32. The van der Waals surface area contributed by atoms with Crippen molar-refractivity contribution in [3.05, 3.63) is 40.5 Å². The Hall–Kier alpha value is -2.45. The fourth-order valence-electron chi connectivity index (χ4n) is 4.03. The summed E-state index contributed by atoms with van der Waals surface area (Å²) in [4.78, 5) is 16.5. The number of rotatable bonds is 11. The first kappa shape index (κ1) is 23.8. The molecule has 0 saturated carbocycles. The van der Waals surface area contributed by atoms with E-state index >= 15 is 0 Å². The van der Waals surface area contributed by atoms with E-state index in [0.717, 1.165) is 13.0 Å².